The summed E-state index contributed by atoms with van der Waals surface area (Å²) in [6.45, 7) is 4.82. The Morgan fingerprint density at radius 1 is 1.35 bits per heavy atom. The van der Waals surface area contributed by atoms with Gasteiger partial charge in [0, 0.05) is 23.2 Å². The van der Waals surface area contributed by atoms with E-state index in [1.54, 1.807) is 11.3 Å². The van der Waals surface area contributed by atoms with Gasteiger partial charge in [0.25, 0.3) is 5.91 Å². The van der Waals surface area contributed by atoms with Gasteiger partial charge in [-0.3, -0.25) is 4.79 Å². The SMILES string of the molecule is Cc1csc(C2CCCN2C(=O)c2ccccc2C)n1. The Morgan fingerprint density at radius 2 is 2.15 bits per heavy atom. The van der Waals surface area contributed by atoms with Gasteiger partial charge in [0.15, 0.2) is 0 Å². The van der Waals surface area contributed by atoms with Crippen molar-refractivity contribution in [2.24, 2.45) is 0 Å². The van der Waals surface area contributed by atoms with Crippen LogP contribution in [0.15, 0.2) is 29.6 Å². The predicted molar refractivity (Wildman–Crippen MR) is 81.0 cm³/mol. The maximum Gasteiger partial charge on any atom is 0.254 e. The Balaban J connectivity index is 1.89. The van der Waals surface area contributed by atoms with E-state index >= 15 is 0 Å². The summed E-state index contributed by atoms with van der Waals surface area (Å²) in [6, 6.07) is 7.96. The fourth-order valence-electron chi connectivity index (χ4n) is 2.76. The van der Waals surface area contributed by atoms with Gasteiger partial charge in [0.2, 0.25) is 0 Å². The van der Waals surface area contributed by atoms with Crippen molar-refractivity contribution in [2.75, 3.05) is 6.54 Å². The zero-order valence-corrected chi connectivity index (χ0v) is 12.6. The topological polar surface area (TPSA) is 33.2 Å². The molecule has 0 N–H and O–H groups in total. The van der Waals surface area contributed by atoms with Crippen molar-refractivity contribution in [2.45, 2.75) is 32.7 Å². The summed E-state index contributed by atoms with van der Waals surface area (Å²) in [5, 5.41) is 3.13. The van der Waals surface area contributed by atoms with E-state index in [0.29, 0.717) is 0 Å². The maximum absolute atomic E-state index is 12.8. The molecule has 0 radical (unpaired) electrons. The lowest BCUT2D eigenvalue weighted by Gasteiger charge is -2.24. The smallest absolute Gasteiger partial charge is 0.254 e. The minimum absolute atomic E-state index is 0.137. The zero-order chi connectivity index (χ0) is 14.1. The van der Waals surface area contributed by atoms with Crippen LogP contribution in [0.1, 0.15) is 45.5 Å². The quantitative estimate of drug-likeness (QED) is 0.842. The second-order valence-corrected chi connectivity index (χ2v) is 6.19. The lowest BCUT2D eigenvalue weighted by molar-refractivity contribution is 0.0734. The molecule has 1 amide bonds. The van der Waals surface area contributed by atoms with Crippen LogP contribution in [0.3, 0.4) is 0 Å². The van der Waals surface area contributed by atoms with Crippen LogP contribution in [0.25, 0.3) is 0 Å². The van der Waals surface area contributed by atoms with Gasteiger partial charge >= 0.3 is 0 Å². The molecule has 0 saturated carbocycles. The van der Waals surface area contributed by atoms with Gasteiger partial charge in [0.05, 0.1) is 6.04 Å². The summed E-state index contributed by atoms with van der Waals surface area (Å²) in [5.41, 5.74) is 2.89. The predicted octanol–water partition coefficient (Wildman–Crippen LogP) is 3.74. The summed E-state index contributed by atoms with van der Waals surface area (Å²) < 4.78 is 0. The zero-order valence-electron chi connectivity index (χ0n) is 11.8. The number of hydrogen-bond acceptors (Lipinski definition) is 3. The van der Waals surface area contributed by atoms with E-state index in [0.717, 1.165) is 41.2 Å². The molecule has 2 aromatic rings. The molecule has 4 heteroatoms. The number of rotatable bonds is 2. The molecule has 2 heterocycles. The normalized spacial score (nSPS) is 18.5. The van der Waals surface area contributed by atoms with E-state index in [2.05, 4.69) is 10.4 Å². The van der Waals surface area contributed by atoms with Crippen molar-refractivity contribution in [3.63, 3.8) is 0 Å². The van der Waals surface area contributed by atoms with Crippen molar-refractivity contribution < 1.29 is 4.79 Å². The Kier molecular flexibility index (Phi) is 3.57. The third-order valence-electron chi connectivity index (χ3n) is 3.81. The molecule has 0 spiro atoms. The summed E-state index contributed by atoms with van der Waals surface area (Å²) in [7, 11) is 0. The van der Waals surface area contributed by atoms with Crippen LogP contribution < -0.4 is 0 Å². The van der Waals surface area contributed by atoms with Crippen LogP contribution in [0.2, 0.25) is 0 Å². The number of aromatic nitrogens is 1. The third-order valence-corrected chi connectivity index (χ3v) is 4.87. The van der Waals surface area contributed by atoms with Gasteiger partial charge < -0.3 is 4.90 Å². The highest BCUT2D eigenvalue weighted by atomic mass is 32.1. The largest absolute Gasteiger partial charge is 0.329 e. The number of aryl methyl sites for hydroxylation is 2. The first-order valence-electron chi connectivity index (χ1n) is 6.95. The van der Waals surface area contributed by atoms with E-state index in [1.807, 2.05) is 43.0 Å². The molecule has 1 unspecified atom stereocenters. The van der Waals surface area contributed by atoms with Crippen molar-refractivity contribution in [3.8, 4) is 0 Å². The molecule has 1 fully saturated rings. The summed E-state index contributed by atoms with van der Waals surface area (Å²) in [5.74, 6) is 0.137. The van der Waals surface area contributed by atoms with Crippen molar-refractivity contribution in [1.29, 1.82) is 0 Å². The van der Waals surface area contributed by atoms with E-state index in [9.17, 15) is 4.79 Å². The van der Waals surface area contributed by atoms with Crippen LogP contribution >= 0.6 is 11.3 Å². The molecule has 1 atom stereocenters. The Morgan fingerprint density at radius 3 is 2.85 bits per heavy atom. The molecule has 3 nitrogen and oxygen atoms in total. The lowest BCUT2D eigenvalue weighted by Crippen LogP contribution is -2.31. The van der Waals surface area contributed by atoms with Gasteiger partial charge in [0.1, 0.15) is 5.01 Å². The lowest BCUT2D eigenvalue weighted by atomic mass is 10.1. The van der Waals surface area contributed by atoms with Gasteiger partial charge in [-0.2, -0.15) is 0 Å². The van der Waals surface area contributed by atoms with Crippen LogP contribution in [0, 0.1) is 13.8 Å². The van der Waals surface area contributed by atoms with Gasteiger partial charge in [-0.05, 0) is 38.3 Å². The second kappa shape index (κ2) is 5.37. The van der Waals surface area contributed by atoms with E-state index < -0.39 is 0 Å². The van der Waals surface area contributed by atoms with Crippen LogP contribution in [0.5, 0.6) is 0 Å². The fourth-order valence-corrected chi connectivity index (χ4v) is 3.70. The first kappa shape index (κ1) is 13.3. The average Bonchev–Trinajstić information content (AvgIpc) is 3.06. The number of thiazole rings is 1. The summed E-state index contributed by atoms with van der Waals surface area (Å²) in [4.78, 5) is 19.3. The first-order chi connectivity index (χ1) is 9.66. The second-order valence-electron chi connectivity index (χ2n) is 5.30. The van der Waals surface area contributed by atoms with Gasteiger partial charge in [-0.25, -0.2) is 4.98 Å². The highest BCUT2D eigenvalue weighted by molar-refractivity contribution is 7.09. The van der Waals surface area contributed by atoms with Crippen molar-refractivity contribution in [1.82, 2.24) is 9.88 Å². The molecule has 1 aromatic heterocycles. The minimum Gasteiger partial charge on any atom is -0.329 e. The van der Waals surface area contributed by atoms with Crippen LogP contribution in [-0.4, -0.2) is 22.3 Å². The number of amides is 1. The molecule has 0 aliphatic carbocycles. The molecule has 104 valence electrons. The monoisotopic (exact) mass is 286 g/mol. The standard InChI is InChI=1S/C16H18N2OS/c1-11-6-3-4-7-13(11)16(19)18-9-5-8-14(18)15-17-12(2)10-20-15/h3-4,6-7,10,14H,5,8-9H2,1-2H3. The fraction of sp³-hybridized carbons (Fsp3) is 0.375. The maximum atomic E-state index is 12.8. The third kappa shape index (κ3) is 2.36. The number of likely N-dealkylation sites (tertiary alicyclic amines) is 1. The Labute approximate surface area is 123 Å². The van der Waals surface area contributed by atoms with Gasteiger partial charge in [-0.1, -0.05) is 18.2 Å². The van der Waals surface area contributed by atoms with Crippen molar-refractivity contribution in [3.05, 3.63) is 51.5 Å². The Bertz CT molecular complexity index is 635. The van der Waals surface area contributed by atoms with Gasteiger partial charge in [-0.15, -0.1) is 11.3 Å². The summed E-state index contributed by atoms with van der Waals surface area (Å²) >= 11 is 1.66. The number of carbonyl (C=O) groups is 1. The molecular weight excluding hydrogens is 268 g/mol. The number of hydrogen-bond donors (Lipinski definition) is 0. The number of carbonyl (C=O) groups excluding carboxylic acids is 1. The molecule has 0 bridgehead atoms. The summed E-state index contributed by atoms with van der Waals surface area (Å²) in [6.07, 6.45) is 2.07. The highest BCUT2D eigenvalue weighted by Crippen LogP contribution is 2.35. The molecule has 1 aliphatic rings. The average molecular weight is 286 g/mol. The molecule has 1 aliphatic heterocycles. The highest BCUT2D eigenvalue weighted by Gasteiger charge is 2.32. The molecule has 1 aromatic carbocycles. The number of nitrogens with zero attached hydrogens (tertiary/aromatic N) is 2. The molecule has 20 heavy (non-hydrogen) atoms. The number of benzene rings is 1. The first-order valence-corrected chi connectivity index (χ1v) is 7.83. The van der Waals surface area contributed by atoms with Crippen LogP contribution in [-0.2, 0) is 0 Å². The van der Waals surface area contributed by atoms with Crippen molar-refractivity contribution >= 4 is 17.2 Å². The van der Waals surface area contributed by atoms with E-state index in [4.69, 9.17) is 0 Å². The minimum atomic E-state index is 0.137. The molecule has 1 saturated heterocycles. The van der Waals surface area contributed by atoms with E-state index in [-0.39, 0.29) is 11.9 Å². The molecular formula is C16H18N2OS. The van der Waals surface area contributed by atoms with Crippen LogP contribution in [0.4, 0.5) is 0 Å². The van der Waals surface area contributed by atoms with E-state index in [1.165, 1.54) is 0 Å². The molecule has 3 rings (SSSR count). The Hall–Kier alpha value is -1.68.